The molecule has 0 spiro atoms. The zero-order valence-electron chi connectivity index (χ0n) is 18.2. The molecule has 9 atom stereocenters. The lowest BCUT2D eigenvalue weighted by Gasteiger charge is -2.60. The summed E-state index contributed by atoms with van der Waals surface area (Å²) < 4.78 is 6.03. The van der Waals surface area contributed by atoms with E-state index in [-0.39, 0.29) is 34.6 Å². The molecule has 0 radical (unpaired) electrons. The van der Waals surface area contributed by atoms with Crippen LogP contribution in [-0.4, -0.2) is 40.8 Å². The molecule has 4 aliphatic carbocycles. The van der Waals surface area contributed by atoms with E-state index in [1.807, 2.05) is 0 Å². The molecule has 0 bridgehead atoms. The zero-order valence-corrected chi connectivity index (χ0v) is 19.7. The van der Waals surface area contributed by atoms with Crippen molar-refractivity contribution in [2.24, 2.45) is 40.4 Å². The van der Waals surface area contributed by atoms with Gasteiger partial charge < -0.3 is 9.84 Å². The summed E-state index contributed by atoms with van der Waals surface area (Å²) in [5, 5.41) is 11.1. The lowest BCUT2D eigenvalue weighted by atomic mass is 9.44. The number of fused-ring (bicyclic) bond motifs is 5. The molecule has 0 aromatic heterocycles. The van der Waals surface area contributed by atoms with Gasteiger partial charge in [0.25, 0.3) is 0 Å². The Kier molecular flexibility index (Phi) is 6.07. The van der Waals surface area contributed by atoms with Crippen molar-refractivity contribution in [1.82, 2.24) is 0 Å². The van der Waals surface area contributed by atoms with Gasteiger partial charge in [-0.3, -0.25) is 9.59 Å². The predicted octanol–water partition coefficient (Wildman–Crippen LogP) is 4.55. The summed E-state index contributed by atoms with van der Waals surface area (Å²) in [7, 11) is 0. The maximum Gasteiger partial charge on any atom is 0.147 e. The highest BCUT2D eigenvalue weighted by atomic mass is 79.9. The number of halogens is 1. The molecule has 0 heterocycles. The Hall–Kier alpha value is -0.260. The fourth-order valence-electron chi connectivity index (χ4n) is 8.13. The predicted molar refractivity (Wildman–Crippen MR) is 116 cm³/mol. The average Bonchev–Trinajstić information content (AvgIpc) is 3.02. The van der Waals surface area contributed by atoms with Crippen molar-refractivity contribution in [2.75, 3.05) is 11.9 Å². The molecule has 0 aliphatic heterocycles. The van der Waals surface area contributed by atoms with Crippen LogP contribution in [-0.2, 0) is 14.3 Å². The van der Waals surface area contributed by atoms with Crippen LogP contribution in [0.15, 0.2) is 0 Å². The number of Topliss-reactive ketones (excluding diaryl/α,β-unsaturated/α-hetero) is 2. The number of ketones is 2. The monoisotopic (exact) mass is 468 g/mol. The first-order chi connectivity index (χ1) is 13.8. The third kappa shape index (κ3) is 3.38. The van der Waals surface area contributed by atoms with Crippen LogP contribution in [0.1, 0.15) is 72.1 Å². The molecular formula is C24H37BrO4. The zero-order chi connectivity index (χ0) is 21.0. The second kappa shape index (κ2) is 8.02. The van der Waals surface area contributed by atoms with Gasteiger partial charge in [0.05, 0.1) is 17.5 Å². The Morgan fingerprint density at radius 1 is 1.21 bits per heavy atom. The summed E-state index contributed by atoms with van der Waals surface area (Å²) in [6.07, 6.45) is 6.65. The van der Waals surface area contributed by atoms with Gasteiger partial charge in [-0.05, 0) is 73.5 Å². The van der Waals surface area contributed by atoms with E-state index in [4.69, 9.17) is 4.74 Å². The van der Waals surface area contributed by atoms with Crippen molar-refractivity contribution in [3.63, 3.8) is 0 Å². The first-order valence-electron chi connectivity index (χ1n) is 11.7. The third-order valence-corrected chi connectivity index (χ3v) is 9.95. The maximum atomic E-state index is 13.7. The molecule has 5 heteroatoms. The highest BCUT2D eigenvalue weighted by molar-refractivity contribution is 9.09. The van der Waals surface area contributed by atoms with Crippen molar-refractivity contribution in [3.8, 4) is 0 Å². The van der Waals surface area contributed by atoms with E-state index in [2.05, 4.69) is 36.7 Å². The minimum absolute atomic E-state index is 0.0242. The van der Waals surface area contributed by atoms with E-state index in [1.54, 1.807) is 0 Å². The maximum absolute atomic E-state index is 13.7. The lowest BCUT2D eigenvalue weighted by Crippen LogP contribution is -2.60. The second-order valence-corrected chi connectivity index (χ2v) is 11.4. The van der Waals surface area contributed by atoms with Crippen LogP contribution in [0.4, 0.5) is 0 Å². The standard InChI is InChI=1S/C24H37BrO4/c1-4-9-29-21-12-23(2)14(10-18(21)26)5-6-15-16-7-8-17(20(28)13-25)24(16,3)11-19(27)22(15)23/h14-18,21-22,26H,4-13H2,1-3H3/t14-,15-,16-,17+,18-,21-,22+,23-,24-/m0/s1. The molecule has 29 heavy (non-hydrogen) atoms. The van der Waals surface area contributed by atoms with Crippen molar-refractivity contribution < 1.29 is 19.4 Å². The molecule has 0 unspecified atom stereocenters. The van der Waals surface area contributed by atoms with E-state index in [1.165, 1.54) is 0 Å². The second-order valence-electron chi connectivity index (χ2n) is 10.8. The van der Waals surface area contributed by atoms with Crippen LogP contribution in [0.25, 0.3) is 0 Å². The van der Waals surface area contributed by atoms with Crippen molar-refractivity contribution >= 4 is 27.5 Å². The topological polar surface area (TPSA) is 63.6 Å². The molecule has 4 nitrogen and oxygen atoms in total. The van der Waals surface area contributed by atoms with Crippen LogP contribution >= 0.6 is 15.9 Å². The largest absolute Gasteiger partial charge is 0.390 e. The summed E-state index contributed by atoms with van der Waals surface area (Å²) >= 11 is 3.36. The third-order valence-electron chi connectivity index (χ3n) is 9.40. The molecule has 0 aromatic carbocycles. The number of aliphatic hydroxyl groups is 1. The Morgan fingerprint density at radius 2 is 1.97 bits per heavy atom. The minimum Gasteiger partial charge on any atom is -0.390 e. The van der Waals surface area contributed by atoms with Gasteiger partial charge in [0, 0.05) is 24.9 Å². The quantitative estimate of drug-likeness (QED) is 0.600. The normalized spacial score (nSPS) is 49.3. The molecule has 1 N–H and O–H groups in total. The smallest absolute Gasteiger partial charge is 0.147 e. The van der Waals surface area contributed by atoms with Gasteiger partial charge in [-0.2, -0.15) is 0 Å². The van der Waals surface area contributed by atoms with Gasteiger partial charge in [-0.15, -0.1) is 0 Å². The molecule has 0 amide bonds. The Balaban J connectivity index is 1.62. The summed E-state index contributed by atoms with van der Waals surface area (Å²) in [6, 6.07) is 0. The van der Waals surface area contributed by atoms with E-state index >= 15 is 0 Å². The van der Waals surface area contributed by atoms with E-state index in [0.29, 0.717) is 41.9 Å². The molecule has 4 rings (SSSR count). The Bertz CT molecular complexity index is 665. The van der Waals surface area contributed by atoms with Gasteiger partial charge in [0.15, 0.2) is 0 Å². The molecule has 4 fully saturated rings. The molecule has 0 aromatic rings. The number of alkyl halides is 1. The van der Waals surface area contributed by atoms with Crippen molar-refractivity contribution in [3.05, 3.63) is 0 Å². The molecule has 164 valence electrons. The highest BCUT2D eigenvalue weighted by Gasteiger charge is 2.64. The van der Waals surface area contributed by atoms with Gasteiger partial charge in [-0.25, -0.2) is 0 Å². The fraction of sp³-hybridized carbons (Fsp3) is 0.917. The number of hydrogen-bond acceptors (Lipinski definition) is 4. The summed E-state index contributed by atoms with van der Waals surface area (Å²) in [5.41, 5.74) is -0.255. The van der Waals surface area contributed by atoms with E-state index in [9.17, 15) is 14.7 Å². The van der Waals surface area contributed by atoms with Crippen LogP contribution in [0, 0.1) is 40.4 Å². The lowest BCUT2D eigenvalue weighted by molar-refractivity contribution is -0.180. The molecule has 4 aliphatic rings. The Labute approximate surface area is 183 Å². The highest BCUT2D eigenvalue weighted by Crippen LogP contribution is 2.66. The van der Waals surface area contributed by atoms with E-state index < -0.39 is 6.10 Å². The molecular weight excluding hydrogens is 432 g/mol. The average molecular weight is 469 g/mol. The number of carbonyl (C=O) groups excluding carboxylic acids is 2. The summed E-state index contributed by atoms with van der Waals surface area (Å²) in [6.45, 7) is 7.28. The van der Waals surface area contributed by atoms with Crippen LogP contribution in [0.5, 0.6) is 0 Å². The number of ether oxygens (including phenoxy) is 1. The number of hydrogen-bond donors (Lipinski definition) is 1. The summed E-state index contributed by atoms with van der Waals surface area (Å²) in [5.74, 6) is 2.00. The van der Waals surface area contributed by atoms with Gasteiger partial charge in [-0.1, -0.05) is 36.7 Å². The number of carbonyl (C=O) groups is 2. The van der Waals surface area contributed by atoms with Gasteiger partial charge in [0.2, 0.25) is 0 Å². The Morgan fingerprint density at radius 3 is 2.66 bits per heavy atom. The van der Waals surface area contributed by atoms with Gasteiger partial charge in [0.1, 0.15) is 11.6 Å². The van der Waals surface area contributed by atoms with Crippen molar-refractivity contribution in [2.45, 2.75) is 84.3 Å². The van der Waals surface area contributed by atoms with Crippen LogP contribution < -0.4 is 0 Å². The molecule has 4 saturated carbocycles. The summed E-state index contributed by atoms with van der Waals surface area (Å²) in [4.78, 5) is 26.3. The fourth-order valence-corrected chi connectivity index (χ4v) is 8.53. The number of rotatable bonds is 5. The first kappa shape index (κ1) is 22.0. The van der Waals surface area contributed by atoms with Crippen LogP contribution in [0.2, 0.25) is 0 Å². The first-order valence-corrected chi connectivity index (χ1v) is 12.8. The minimum atomic E-state index is -0.410. The van der Waals surface area contributed by atoms with E-state index in [0.717, 1.165) is 44.9 Å². The van der Waals surface area contributed by atoms with Gasteiger partial charge >= 0.3 is 0 Å². The molecule has 0 saturated heterocycles. The van der Waals surface area contributed by atoms with Crippen LogP contribution in [0.3, 0.4) is 0 Å². The van der Waals surface area contributed by atoms with Crippen molar-refractivity contribution in [1.29, 1.82) is 0 Å². The SMILES string of the molecule is CCCO[C@H]1C[C@@]2(C)[C@@H](CC[C@H]3[C@@H]4CC[C@H](C(=O)CBr)[C@@]4(C)CC(=O)[C@@H]32)C[C@@H]1O. The number of aliphatic hydroxyl groups excluding tert-OH is 1.